The monoisotopic (exact) mass is 682 g/mol. The molecule has 1 aliphatic rings. The lowest BCUT2D eigenvalue weighted by molar-refractivity contribution is -0.599. The van der Waals surface area contributed by atoms with Gasteiger partial charge in [0.2, 0.25) is 11.0 Å². The molecular formula is C48H50N2Si+2. The molecule has 4 heterocycles. The summed E-state index contributed by atoms with van der Waals surface area (Å²) in [5.41, 5.74) is 12.0. The van der Waals surface area contributed by atoms with Crippen molar-refractivity contribution in [1.82, 2.24) is 0 Å². The Labute approximate surface area is 303 Å². The number of hydrogen-bond acceptors (Lipinski definition) is 0. The molecule has 4 aromatic heterocycles. The average molecular weight is 683 g/mol. The van der Waals surface area contributed by atoms with Gasteiger partial charge in [0, 0.05) is 39.9 Å². The van der Waals surface area contributed by atoms with E-state index in [0.717, 1.165) is 0 Å². The quantitative estimate of drug-likeness (QED) is 0.0925. The summed E-state index contributed by atoms with van der Waals surface area (Å²) in [6.07, 6.45) is 4.79. The maximum atomic E-state index is 2.59. The predicted octanol–water partition coefficient (Wildman–Crippen LogP) is 11.2. The van der Waals surface area contributed by atoms with E-state index >= 15 is 0 Å². The van der Waals surface area contributed by atoms with Crippen LogP contribution in [0.5, 0.6) is 0 Å². The third kappa shape index (κ3) is 4.60. The highest BCUT2D eigenvalue weighted by Gasteiger charge is 2.39. The zero-order valence-electron chi connectivity index (χ0n) is 32.2. The van der Waals surface area contributed by atoms with Crippen molar-refractivity contribution in [2.75, 3.05) is 0 Å². The molecule has 3 heteroatoms. The summed E-state index contributed by atoms with van der Waals surface area (Å²) in [7, 11) is -1.62. The summed E-state index contributed by atoms with van der Waals surface area (Å²) in [6, 6.07) is 35.6. The van der Waals surface area contributed by atoms with Crippen molar-refractivity contribution in [1.29, 1.82) is 0 Å². The number of fused-ring (bicyclic) bond motifs is 16. The van der Waals surface area contributed by atoms with Crippen LogP contribution in [0.15, 0.2) is 103 Å². The molecule has 8 aromatic rings. The molecule has 0 unspecified atom stereocenters. The fourth-order valence-electron chi connectivity index (χ4n) is 8.94. The van der Waals surface area contributed by atoms with Gasteiger partial charge >= 0.3 is 5.65 Å². The van der Waals surface area contributed by atoms with Crippen LogP contribution in [-0.4, -0.2) is 8.07 Å². The summed E-state index contributed by atoms with van der Waals surface area (Å²) < 4.78 is 5.02. The minimum atomic E-state index is -1.62. The first-order valence-corrected chi connectivity index (χ1v) is 22.2. The molecule has 0 N–H and O–H groups in total. The molecule has 0 aliphatic heterocycles. The van der Waals surface area contributed by atoms with Crippen molar-refractivity contribution in [2.45, 2.75) is 91.3 Å². The van der Waals surface area contributed by atoms with Gasteiger partial charge in [-0.15, -0.1) is 8.80 Å². The first kappa shape index (κ1) is 32.3. The lowest BCUT2D eigenvalue weighted by atomic mass is 9.79. The van der Waals surface area contributed by atoms with E-state index in [-0.39, 0.29) is 16.2 Å². The normalized spacial score (nSPS) is 14.7. The van der Waals surface area contributed by atoms with Crippen molar-refractivity contribution in [3.8, 4) is 11.1 Å². The molecule has 0 bridgehead atoms. The summed E-state index contributed by atoms with van der Waals surface area (Å²) in [5.74, 6) is 0. The molecule has 9 rings (SSSR count). The predicted molar refractivity (Wildman–Crippen MR) is 221 cm³/mol. The minimum Gasteiger partial charge on any atom is -0.103 e. The van der Waals surface area contributed by atoms with Crippen LogP contribution in [0, 0.1) is 0 Å². The molecule has 51 heavy (non-hydrogen) atoms. The van der Waals surface area contributed by atoms with E-state index in [1.54, 1.807) is 0 Å². The largest absolute Gasteiger partial charge is 0.464 e. The number of aromatic nitrogens is 2. The lowest BCUT2D eigenvalue weighted by Gasteiger charge is -2.23. The van der Waals surface area contributed by atoms with Gasteiger partial charge in [-0.2, -0.15) is 0 Å². The molecule has 0 saturated carbocycles. The van der Waals surface area contributed by atoms with Crippen LogP contribution in [0.25, 0.3) is 65.5 Å². The van der Waals surface area contributed by atoms with E-state index in [1.165, 1.54) is 93.0 Å². The van der Waals surface area contributed by atoms with Gasteiger partial charge in [-0.05, 0) is 84.9 Å². The van der Waals surface area contributed by atoms with E-state index in [4.69, 9.17) is 0 Å². The number of nitrogens with zero attached hydrogens (tertiary/aromatic N) is 2. The second kappa shape index (κ2) is 10.3. The third-order valence-electron chi connectivity index (χ3n) is 12.0. The summed E-state index contributed by atoms with van der Waals surface area (Å²) >= 11 is 0. The molecule has 0 atom stereocenters. The summed E-state index contributed by atoms with van der Waals surface area (Å²) in [4.78, 5) is 0. The van der Waals surface area contributed by atoms with Crippen molar-refractivity contribution < 1.29 is 8.80 Å². The molecule has 2 nitrogen and oxygen atoms in total. The third-order valence-corrected chi connectivity index (χ3v) is 14.0. The van der Waals surface area contributed by atoms with E-state index in [0.29, 0.717) is 0 Å². The number of rotatable bonds is 1. The fraction of sp³-hybridized carbons (Fsp3) is 0.292. The molecule has 0 spiro atoms. The smallest absolute Gasteiger partial charge is 0.103 e. The molecule has 0 radical (unpaired) electrons. The Morgan fingerprint density at radius 1 is 0.569 bits per heavy atom. The van der Waals surface area contributed by atoms with Crippen molar-refractivity contribution in [3.63, 3.8) is 0 Å². The van der Waals surface area contributed by atoms with Crippen molar-refractivity contribution in [2.24, 2.45) is 0 Å². The van der Waals surface area contributed by atoms with Crippen LogP contribution < -0.4 is 14.0 Å². The number of benzene rings is 4. The summed E-state index contributed by atoms with van der Waals surface area (Å²) in [6.45, 7) is 26.2. The van der Waals surface area contributed by atoms with Gasteiger partial charge in [0.25, 0.3) is 0 Å². The molecular weight excluding hydrogens is 633 g/mol. The molecule has 0 saturated heterocycles. The molecule has 0 amide bonds. The van der Waals surface area contributed by atoms with E-state index in [9.17, 15) is 0 Å². The van der Waals surface area contributed by atoms with Crippen molar-refractivity contribution >= 4 is 67.6 Å². The van der Waals surface area contributed by atoms with Gasteiger partial charge in [-0.1, -0.05) is 117 Å². The van der Waals surface area contributed by atoms with Gasteiger partial charge in [-0.3, -0.25) is 0 Å². The molecule has 1 aliphatic carbocycles. The van der Waals surface area contributed by atoms with Crippen LogP contribution in [0.4, 0.5) is 0 Å². The Kier molecular flexibility index (Phi) is 6.50. The van der Waals surface area contributed by atoms with Crippen LogP contribution in [0.3, 0.4) is 0 Å². The number of hydrogen-bond donors (Lipinski definition) is 0. The SMILES string of the molecule is CC(C)(C)c1ccc2c(c1)c1c3cc4c(cc3c3cc([Si](C)(C)C)cc[n+]3c1[n+]1cc(C(C)(C)C)ccc21)-c1ccc2ccccc2c1C4(C)C. The Morgan fingerprint density at radius 3 is 2.00 bits per heavy atom. The van der Waals surface area contributed by atoms with E-state index < -0.39 is 8.07 Å². The zero-order valence-corrected chi connectivity index (χ0v) is 33.2. The summed E-state index contributed by atoms with van der Waals surface area (Å²) in [5, 5.41) is 10.8. The molecule has 4 aromatic carbocycles. The van der Waals surface area contributed by atoms with Gasteiger partial charge in [0.15, 0.2) is 12.4 Å². The molecule has 254 valence electrons. The highest BCUT2D eigenvalue weighted by atomic mass is 28.3. The highest BCUT2D eigenvalue weighted by Crippen LogP contribution is 2.53. The maximum absolute atomic E-state index is 2.59. The van der Waals surface area contributed by atoms with Crippen LogP contribution in [-0.2, 0) is 16.2 Å². The standard InChI is InChI=1S/C48H50N2Si/c1-46(2,3)30-17-20-34-38(24-30)43-39-27-40-36(35-19-16-29-14-12-13-15-33(29)44(35)48(40,7)8)26-37(39)42-25-32(51(9,10)11)22-23-49(42)45(43)50-28-31(47(4,5)6)18-21-41(34)50/h12-28H,1-11H3/q+2. The van der Waals surface area contributed by atoms with Gasteiger partial charge in [0.05, 0.1) is 18.8 Å². The van der Waals surface area contributed by atoms with E-state index in [1.807, 2.05) is 0 Å². The Bertz CT molecular complexity index is 2820. The maximum Gasteiger partial charge on any atom is 0.464 e. The first-order valence-electron chi connectivity index (χ1n) is 18.7. The second-order valence-corrected chi connectivity index (χ2v) is 23.9. The van der Waals surface area contributed by atoms with Gasteiger partial charge in [0.1, 0.15) is 5.39 Å². The fourth-order valence-corrected chi connectivity index (χ4v) is 10.1. The van der Waals surface area contributed by atoms with E-state index in [2.05, 4.69) is 187 Å². The minimum absolute atomic E-state index is 0.0142. The molecule has 0 fully saturated rings. The second-order valence-electron chi connectivity index (χ2n) is 18.8. The first-order chi connectivity index (χ1) is 23.9. The highest BCUT2D eigenvalue weighted by molar-refractivity contribution is 6.88. The van der Waals surface area contributed by atoms with Crippen LogP contribution >= 0.6 is 0 Å². The Balaban J connectivity index is 1.56. The van der Waals surface area contributed by atoms with Gasteiger partial charge < -0.3 is 0 Å². The lowest BCUT2D eigenvalue weighted by Crippen LogP contribution is -2.42. The van der Waals surface area contributed by atoms with Crippen LogP contribution in [0.2, 0.25) is 19.6 Å². The van der Waals surface area contributed by atoms with Crippen LogP contribution in [0.1, 0.15) is 77.6 Å². The number of pyridine rings is 4. The zero-order chi connectivity index (χ0) is 36.0. The topological polar surface area (TPSA) is 8.20 Å². The van der Waals surface area contributed by atoms with Gasteiger partial charge in [-0.25, -0.2) is 0 Å². The Morgan fingerprint density at radius 2 is 1.27 bits per heavy atom. The average Bonchev–Trinajstić information content (AvgIpc) is 3.30. The van der Waals surface area contributed by atoms with Crippen molar-refractivity contribution in [3.05, 3.63) is 126 Å². The Hall–Kier alpha value is -4.60.